The van der Waals surface area contributed by atoms with E-state index in [2.05, 4.69) is 43.9 Å². The van der Waals surface area contributed by atoms with Crippen molar-refractivity contribution in [1.82, 2.24) is 5.32 Å². The Hall–Kier alpha value is 0.0100. The van der Waals surface area contributed by atoms with Crippen LogP contribution in [0.25, 0.3) is 0 Å². The number of rotatable bonds is 5. The second-order valence-electron chi connectivity index (χ2n) is 6.45. The maximum absolute atomic E-state index is 6.08. The number of allylic oxidation sites excluding steroid dienone is 2. The van der Waals surface area contributed by atoms with E-state index < -0.39 is 0 Å². The molecule has 0 aromatic rings. The highest BCUT2D eigenvalue weighted by Crippen LogP contribution is 2.38. The fraction of sp³-hybridized carbons (Fsp3) is 0.875. The molecule has 3 atom stereocenters. The fourth-order valence-corrected chi connectivity index (χ4v) is 4.52. The van der Waals surface area contributed by atoms with Crippen LogP contribution in [0.4, 0.5) is 0 Å². The lowest BCUT2D eigenvalue weighted by molar-refractivity contribution is -0.0711. The zero-order valence-electron chi connectivity index (χ0n) is 12.7. The summed E-state index contributed by atoms with van der Waals surface area (Å²) in [5.74, 6) is 2.49. The number of hydrogen-bond donors (Lipinski definition) is 1. The third kappa shape index (κ3) is 4.80. The van der Waals surface area contributed by atoms with Gasteiger partial charge in [0.25, 0.3) is 0 Å². The van der Waals surface area contributed by atoms with E-state index in [0.29, 0.717) is 12.1 Å². The van der Waals surface area contributed by atoms with Gasteiger partial charge in [-0.05, 0) is 58.6 Å². The summed E-state index contributed by atoms with van der Waals surface area (Å²) in [6.45, 7) is 7.62. The van der Waals surface area contributed by atoms with Gasteiger partial charge in [0, 0.05) is 24.4 Å². The minimum atomic E-state index is 0.209. The molecular formula is C16H29NOS. The van der Waals surface area contributed by atoms with Crippen LogP contribution in [0.5, 0.6) is 0 Å². The average molecular weight is 283 g/mol. The maximum Gasteiger partial charge on any atom is 0.0795 e. The molecule has 2 fully saturated rings. The van der Waals surface area contributed by atoms with E-state index in [-0.39, 0.29) is 5.60 Å². The van der Waals surface area contributed by atoms with Gasteiger partial charge in [0.05, 0.1) is 5.60 Å². The molecule has 0 amide bonds. The van der Waals surface area contributed by atoms with Crippen LogP contribution < -0.4 is 5.32 Å². The first-order valence-electron chi connectivity index (χ1n) is 7.71. The molecule has 0 radical (unpaired) electrons. The number of hydrogen-bond acceptors (Lipinski definition) is 3. The van der Waals surface area contributed by atoms with Gasteiger partial charge in [-0.25, -0.2) is 0 Å². The van der Waals surface area contributed by atoms with Crippen LogP contribution in [0.3, 0.4) is 0 Å². The molecule has 3 heteroatoms. The minimum absolute atomic E-state index is 0.209. The van der Waals surface area contributed by atoms with E-state index in [1.165, 1.54) is 49.2 Å². The van der Waals surface area contributed by atoms with Crippen molar-refractivity contribution >= 4 is 11.8 Å². The largest absolute Gasteiger partial charge is 0.374 e. The molecule has 2 saturated heterocycles. The molecule has 2 rings (SSSR count). The predicted molar refractivity (Wildman–Crippen MR) is 84.9 cm³/mol. The lowest BCUT2D eigenvalue weighted by atomic mass is 9.89. The SMILES string of the molecule is CC(C)=CCCC(C)NC1CCOC2(CCSC2)C1. The van der Waals surface area contributed by atoms with Gasteiger partial charge in [-0.3, -0.25) is 0 Å². The molecule has 0 saturated carbocycles. The van der Waals surface area contributed by atoms with Gasteiger partial charge in [0.15, 0.2) is 0 Å². The van der Waals surface area contributed by atoms with Gasteiger partial charge < -0.3 is 10.1 Å². The van der Waals surface area contributed by atoms with E-state index in [1.54, 1.807) is 0 Å². The standard InChI is InChI=1S/C16H29NOS/c1-13(2)5-4-6-14(3)17-15-7-9-18-16(11-15)8-10-19-12-16/h5,14-15,17H,4,6-12H2,1-3H3. The molecule has 110 valence electrons. The van der Waals surface area contributed by atoms with Crippen LogP contribution in [0.1, 0.15) is 52.9 Å². The molecule has 1 spiro atoms. The second kappa shape index (κ2) is 7.14. The van der Waals surface area contributed by atoms with E-state index >= 15 is 0 Å². The Bertz CT molecular complexity index is 306. The fourth-order valence-electron chi connectivity index (χ4n) is 3.14. The summed E-state index contributed by atoms with van der Waals surface area (Å²) < 4.78 is 6.08. The van der Waals surface area contributed by atoms with Crippen molar-refractivity contribution in [2.75, 3.05) is 18.1 Å². The zero-order valence-corrected chi connectivity index (χ0v) is 13.5. The molecule has 0 aromatic carbocycles. The summed E-state index contributed by atoms with van der Waals surface area (Å²) in [6.07, 6.45) is 8.43. The Balaban J connectivity index is 1.74. The maximum atomic E-state index is 6.08. The van der Waals surface area contributed by atoms with Gasteiger partial charge in [-0.15, -0.1) is 0 Å². The first kappa shape index (κ1) is 15.4. The smallest absolute Gasteiger partial charge is 0.0795 e. The number of thioether (sulfide) groups is 1. The Morgan fingerprint density at radius 3 is 3.05 bits per heavy atom. The highest BCUT2D eigenvalue weighted by molar-refractivity contribution is 7.99. The summed E-state index contributed by atoms with van der Waals surface area (Å²) in [7, 11) is 0. The van der Waals surface area contributed by atoms with Crippen molar-refractivity contribution in [2.24, 2.45) is 0 Å². The normalized spacial score (nSPS) is 32.5. The monoisotopic (exact) mass is 283 g/mol. The second-order valence-corrected chi connectivity index (χ2v) is 7.56. The average Bonchev–Trinajstić information content (AvgIpc) is 2.76. The summed E-state index contributed by atoms with van der Waals surface area (Å²) in [5.41, 5.74) is 1.64. The molecular weight excluding hydrogens is 254 g/mol. The number of ether oxygens (including phenoxy) is 1. The molecule has 0 bridgehead atoms. The van der Waals surface area contributed by atoms with Crippen LogP contribution in [0.15, 0.2) is 11.6 Å². The topological polar surface area (TPSA) is 21.3 Å². The van der Waals surface area contributed by atoms with Crippen molar-refractivity contribution in [3.8, 4) is 0 Å². The molecule has 19 heavy (non-hydrogen) atoms. The van der Waals surface area contributed by atoms with Gasteiger partial charge >= 0.3 is 0 Å². The van der Waals surface area contributed by atoms with Crippen molar-refractivity contribution in [3.63, 3.8) is 0 Å². The molecule has 2 nitrogen and oxygen atoms in total. The van der Waals surface area contributed by atoms with E-state index in [9.17, 15) is 0 Å². The summed E-state index contributed by atoms with van der Waals surface area (Å²) in [5, 5.41) is 3.83. The van der Waals surface area contributed by atoms with E-state index in [1.807, 2.05) is 0 Å². The van der Waals surface area contributed by atoms with Crippen LogP contribution >= 0.6 is 11.8 Å². The molecule has 0 aromatic heterocycles. The first-order chi connectivity index (χ1) is 9.10. The predicted octanol–water partition coefficient (Wildman–Crippen LogP) is 3.77. The highest BCUT2D eigenvalue weighted by atomic mass is 32.2. The Morgan fingerprint density at radius 2 is 2.37 bits per heavy atom. The van der Waals surface area contributed by atoms with Gasteiger partial charge in [-0.2, -0.15) is 11.8 Å². The quantitative estimate of drug-likeness (QED) is 0.776. The molecule has 0 aliphatic carbocycles. The van der Waals surface area contributed by atoms with Crippen LogP contribution in [0, 0.1) is 0 Å². The molecule has 1 N–H and O–H groups in total. The third-order valence-electron chi connectivity index (χ3n) is 4.23. The van der Waals surface area contributed by atoms with Gasteiger partial charge in [-0.1, -0.05) is 11.6 Å². The van der Waals surface area contributed by atoms with E-state index in [0.717, 1.165) is 6.61 Å². The highest BCUT2D eigenvalue weighted by Gasteiger charge is 2.40. The lowest BCUT2D eigenvalue weighted by Crippen LogP contribution is -2.49. The molecule has 2 aliphatic rings. The van der Waals surface area contributed by atoms with Crippen molar-refractivity contribution < 1.29 is 4.74 Å². The molecule has 2 heterocycles. The molecule has 2 aliphatic heterocycles. The zero-order chi connectivity index (χ0) is 13.7. The van der Waals surface area contributed by atoms with Gasteiger partial charge in [0.1, 0.15) is 0 Å². The first-order valence-corrected chi connectivity index (χ1v) is 8.86. The summed E-state index contributed by atoms with van der Waals surface area (Å²) in [6, 6.07) is 1.28. The summed E-state index contributed by atoms with van der Waals surface area (Å²) >= 11 is 2.06. The third-order valence-corrected chi connectivity index (χ3v) is 5.46. The van der Waals surface area contributed by atoms with Crippen molar-refractivity contribution in [3.05, 3.63) is 11.6 Å². The van der Waals surface area contributed by atoms with Crippen LogP contribution in [0.2, 0.25) is 0 Å². The summed E-state index contributed by atoms with van der Waals surface area (Å²) in [4.78, 5) is 0. The Kier molecular flexibility index (Phi) is 5.79. The van der Waals surface area contributed by atoms with E-state index in [4.69, 9.17) is 4.74 Å². The van der Waals surface area contributed by atoms with Crippen LogP contribution in [-0.2, 0) is 4.74 Å². The van der Waals surface area contributed by atoms with Gasteiger partial charge in [0.2, 0.25) is 0 Å². The lowest BCUT2D eigenvalue weighted by Gasteiger charge is -2.39. The minimum Gasteiger partial charge on any atom is -0.374 e. The molecule has 3 unspecified atom stereocenters. The van der Waals surface area contributed by atoms with Crippen LogP contribution in [-0.4, -0.2) is 35.8 Å². The number of nitrogens with one attached hydrogen (secondary N) is 1. The Morgan fingerprint density at radius 1 is 1.53 bits per heavy atom. The Labute approximate surface area is 122 Å². The van der Waals surface area contributed by atoms with Crippen molar-refractivity contribution in [1.29, 1.82) is 0 Å². The van der Waals surface area contributed by atoms with Crippen molar-refractivity contribution in [2.45, 2.75) is 70.6 Å².